The molecule has 0 spiro atoms. The van der Waals surface area contributed by atoms with Gasteiger partial charge in [0, 0.05) is 58.2 Å². The van der Waals surface area contributed by atoms with Gasteiger partial charge in [-0.05, 0) is 37.6 Å². The van der Waals surface area contributed by atoms with Gasteiger partial charge >= 0.3 is 6.18 Å². The van der Waals surface area contributed by atoms with Crippen LogP contribution in [0.5, 0.6) is 0 Å². The van der Waals surface area contributed by atoms with E-state index in [0.29, 0.717) is 70.4 Å². The molecule has 0 saturated carbocycles. The van der Waals surface area contributed by atoms with E-state index >= 15 is 0 Å². The number of nitrogens with one attached hydrogen (secondary N) is 3. The molecule has 2 aliphatic rings. The zero-order valence-corrected chi connectivity index (χ0v) is 25.4. The maximum absolute atomic E-state index is 14.3. The number of carbonyl (C=O) groups excluding carboxylic acids is 2. The smallest absolute Gasteiger partial charge is 0.378 e. The number of aliphatic hydroxyl groups is 1. The summed E-state index contributed by atoms with van der Waals surface area (Å²) in [6, 6.07) is 2.74. The van der Waals surface area contributed by atoms with Crippen LogP contribution in [0.3, 0.4) is 0 Å². The van der Waals surface area contributed by atoms with Gasteiger partial charge < -0.3 is 30.3 Å². The number of hydrogen-bond acceptors (Lipinski definition) is 11. The highest BCUT2D eigenvalue weighted by Crippen LogP contribution is 2.38. The van der Waals surface area contributed by atoms with Crippen molar-refractivity contribution in [3.05, 3.63) is 35.7 Å². The van der Waals surface area contributed by atoms with Crippen molar-refractivity contribution in [3.63, 3.8) is 0 Å². The molecule has 2 aliphatic heterocycles. The molecule has 17 heteroatoms. The molecule has 46 heavy (non-hydrogen) atoms. The third-order valence-electron chi connectivity index (χ3n) is 7.59. The van der Waals surface area contributed by atoms with E-state index in [1.54, 1.807) is 22.5 Å². The largest absolute Gasteiger partial charge is 0.417 e. The first-order valence-electron chi connectivity index (χ1n) is 14.7. The van der Waals surface area contributed by atoms with Gasteiger partial charge in [-0.3, -0.25) is 19.8 Å². The van der Waals surface area contributed by atoms with Crippen molar-refractivity contribution < 1.29 is 32.6 Å². The number of ether oxygens (including phenoxy) is 1. The molecule has 1 unspecified atom stereocenters. The fourth-order valence-electron chi connectivity index (χ4n) is 5.24. The lowest BCUT2D eigenvalue weighted by Gasteiger charge is -2.34. The summed E-state index contributed by atoms with van der Waals surface area (Å²) in [6.07, 6.45) is -3.23. The molecule has 0 aliphatic carbocycles. The van der Waals surface area contributed by atoms with Crippen LogP contribution in [0.1, 0.15) is 18.1 Å². The van der Waals surface area contributed by atoms with Crippen molar-refractivity contribution in [2.45, 2.75) is 26.0 Å². The Morgan fingerprint density at radius 2 is 1.87 bits per heavy atom. The molecule has 0 aromatic carbocycles. The minimum absolute atomic E-state index is 0.119. The molecular weight excluding hydrogens is 609 g/mol. The number of pyridine rings is 1. The maximum atomic E-state index is 14.3. The number of rotatable bonds is 9. The first-order valence-corrected chi connectivity index (χ1v) is 14.7. The molecule has 2 amide bonds. The summed E-state index contributed by atoms with van der Waals surface area (Å²) < 4.78 is 49.9. The maximum Gasteiger partial charge on any atom is 0.417 e. The summed E-state index contributed by atoms with van der Waals surface area (Å²) in [6.45, 7) is 5.99. The number of piperazine rings is 1. The van der Waals surface area contributed by atoms with E-state index in [1.807, 2.05) is 11.0 Å². The summed E-state index contributed by atoms with van der Waals surface area (Å²) in [4.78, 5) is 38.6. The van der Waals surface area contributed by atoms with Gasteiger partial charge in [0.05, 0.1) is 30.9 Å². The molecule has 0 radical (unpaired) electrons. The predicted molar refractivity (Wildman–Crippen MR) is 161 cm³/mol. The Labute approximate surface area is 262 Å². The van der Waals surface area contributed by atoms with E-state index in [1.165, 1.54) is 7.05 Å². The summed E-state index contributed by atoms with van der Waals surface area (Å²) in [5.74, 6) is 4.30. The summed E-state index contributed by atoms with van der Waals surface area (Å²) in [7, 11) is 1.44. The second kappa shape index (κ2) is 14.3. The first-order chi connectivity index (χ1) is 22.0. The van der Waals surface area contributed by atoms with Gasteiger partial charge in [0.25, 0.3) is 5.91 Å². The van der Waals surface area contributed by atoms with Gasteiger partial charge in [0.1, 0.15) is 11.3 Å². The highest BCUT2D eigenvalue weighted by atomic mass is 19.4. The average Bonchev–Trinajstić information content (AvgIpc) is 3.46. The van der Waals surface area contributed by atoms with Crippen molar-refractivity contribution in [3.8, 4) is 23.2 Å². The predicted octanol–water partition coefficient (Wildman–Crippen LogP) is 0.338. The quantitative estimate of drug-likeness (QED) is 0.189. The summed E-state index contributed by atoms with van der Waals surface area (Å²) in [5.41, 5.74) is 0.207. The van der Waals surface area contributed by atoms with Crippen molar-refractivity contribution in [2.75, 3.05) is 76.3 Å². The molecule has 0 bridgehead atoms. The molecule has 1 atom stereocenters. The lowest BCUT2D eigenvalue weighted by molar-refractivity contribution is -0.137. The van der Waals surface area contributed by atoms with E-state index in [-0.39, 0.29) is 29.7 Å². The molecule has 3 aromatic rings. The molecule has 3 aromatic heterocycles. The lowest BCUT2D eigenvalue weighted by Crippen LogP contribution is -2.50. The summed E-state index contributed by atoms with van der Waals surface area (Å²) >= 11 is 0. The highest BCUT2D eigenvalue weighted by Gasteiger charge is 2.36. The van der Waals surface area contributed by atoms with E-state index in [4.69, 9.17) is 4.74 Å². The SMILES string of the molecule is CC#CC(=O)NCC(=O)N1CCN(Cc2cc3c(N4CCOCC4)nc(-c4cnc(NC(O)NC)cc4C(F)(F)F)nn3c2)CC1. The van der Waals surface area contributed by atoms with Crippen LogP contribution in [0.25, 0.3) is 16.9 Å². The summed E-state index contributed by atoms with van der Waals surface area (Å²) in [5, 5.41) is 21.7. The Kier molecular flexibility index (Phi) is 10.2. The highest BCUT2D eigenvalue weighted by molar-refractivity contribution is 5.95. The van der Waals surface area contributed by atoms with Crippen LogP contribution in [-0.4, -0.2) is 119 Å². The van der Waals surface area contributed by atoms with Crippen molar-refractivity contribution in [1.29, 1.82) is 0 Å². The Morgan fingerprint density at radius 1 is 1.13 bits per heavy atom. The first kappa shape index (κ1) is 32.9. The molecule has 2 saturated heterocycles. The van der Waals surface area contributed by atoms with Crippen molar-refractivity contribution >= 4 is 29.0 Å². The minimum atomic E-state index is -4.75. The number of halogens is 3. The van der Waals surface area contributed by atoms with Crippen LogP contribution in [0.4, 0.5) is 24.8 Å². The Balaban J connectivity index is 1.39. The third-order valence-corrected chi connectivity index (χ3v) is 7.59. The van der Waals surface area contributed by atoms with Crippen LogP contribution in [0.15, 0.2) is 24.5 Å². The van der Waals surface area contributed by atoms with E-state index in [9.17, 15) is 27.9 Å². The molecule has 4 N–H and O–H groups in total. The number of amides is 2. The standard InChI is InChI=1S/C29H35F3N10O4/c1-3-4-24(43)35-16-25(44)40-7-5-39(6-8-40)17-19-13-22-27(41-9-11-46-12-10-41)37-26(38-42(22)18-19)20-15-34-23(36-28(45)33-2)14-21(20)29(30,31)32/h13-15,18,28,33,45H,5-12,16-17H2,1-2H3,(H,34,36)(H,35,43). The van der Waals surface area contributed by atoms with E-state index in [2.05, 4.69) is 47.8 Å². The van der Waals surface area contributed by atoms with Gasteiger partial charge in [-0.2, -0.15) is 13.2 Å². The number of carbonyl (C=O) groups is 2. The van der Waals surface area contributed by atoms with Crippen molar-refractivity contribution in [2.24, 2.45) is 0 Å². The Hall–Kier alpha value is -4.50. The minimum Gasteiger partial charge on any atom is -0.378 e. The molecule has 5 rings (SSSR count). The zero-order valence-electron chi connectivity index (χ0n) is 25.4. The normalized spacial score (nSPS) is 16.6. The van der Waals surface area contributed by atoms with Crippen LogP contribution in [0, 0.1) is 11.8 Å². The lowest BCUT2D eigenvalue weighted by atomic mass is 10.1. The van der Waals surface area contributed by atoms with Gasteiger partial charge in [0.15, 0.2) is 18.0 Å². The number of morpholine rings is 1. The number of aromatic nitrogens is 4. The van der Waals surface area contributed by atoms with E-state index < -0.39 is 24.0 Å². The molecule has 2 fully saturated rings. The monoisotopic (exact) mass is 644 g/mol. The van der Waals surface area contributed by atoms with Crippen LogP contribution < -0.4 is 20.9 Å². The van der Waals surface area contributed by atoms with Gasteiger partial charge in [-0.1, -0.05) is 5.92 Å². The van der Waals surface area contributed by atoms with Gasteiger partial charge in [0.2, 0.25) is 5.91 Å². The Morgan fingerprint density at radius 3 is 2.54 bits per heavy atom. The van der Waals surface area contributed by atoms with Crippen LogP contribution >= 0.6 is 0 Å². The number of aliphatic hydroxyl groups excluding tert-OH is 1. The molecule has 5 heterocycles. The van der Waals surface area contributed by atoms with Gasteiger partial charge in [-0.15, -0.1) is 5.10 Å². The fourth-order valence-corrected chi connectivity index (χ4v) is 5.24. The second-order valence-electron chi connectivity index (χ2n) is 10.7. The Bertz CT molecular complexity index is 1620. The molecular formula is C29H35F3N10O4. The number of hydrogen-bond donors (Lipinski definition) is 4. The second-order valence-corrected chi connectivity index (χ2v) is 10.7. The average molecular weight is 645 g/mol. The zero-order chi connectivity index (χ0) is 32.8. The van der Waals surface area contributed by atoms with E-state index in [0.717, 1.165) is 17.8 Å². The number of fused-ring (bicyclic) bond motifs is 1. The van der Waals surface area contributed by atoms with Crippen molar-refractivity contribution in [1.82, 2.24) is 40.0 Å². The topological polar surface area (TPSA) is 152 Å². The van der Waals surface area contributed by atoms with Gasteiger partial charge in [-0.25, -0.2) is 14.5 Å². The van der Waals surface area contributed by atoms with Crippen LogP contribution in [-0.2, 0) is 27.0 Å². The fraction of sp³-hybridized carbons (Fsp3) is 0.483. The molecule has 14 nitrogen and oxygen atoms in total. The number of alkyl halides is 3. The number of anilines is 2. The van der Waals surface area contributed by atoms with Crippen LogP contribution in [0.2, 0.25) is 0 Å². The molecule has 246 valence electrons. The third kappa shape index (κ3) is 7.83. The number of nitrogens with zero attached hydrogens (tertiary/aromatic N) is 7.